The van der Waals surface area contributed by atoms with E-state index >= 15 is 0 Å². The number of rotatable bonds is 6. The van der Waals surface area contributed by atoms with Gasteiger partial charge < -0.3 is 4.74 Å². The van der Waals surface area contributed by atoms with E-state index in [9.17, 15) is 13.2 Å². The molecule has 0 aliphatic carbocycles. The van der Waals surface area contributed by atoms with Crippen LogP contribution < -0.4 is 10.1 Å². The van der Waals surface area contributed by atoms with Gasteiger partial charge >= 0.3 is 0 Å². The minimum atomic E-state index is -3.69. The molecule has 10 heteroatoms. The highest BCUT2D eigenvalue weighted by molar-refractivity contribution is 7.89. The molecule has 152 valence electrons. The Hall–Kier alpha value is -2.46. The summed E-state index contributed by atoms with van der Waals surface area (Å²) in [6.45, 7) is 0. The van der Waals surface area contributed by atoms with Crippen LogP contribution in [0, 0.1) is 0 Å². The monoisotopic (exact) mass is 451 g/mol. The van der Waals surface area contributed by atoms with Crippen LogP contribution in [-0.2, 0) is 10.0 Å². The number of hydrogen-bond acceptors (Lipinski definition) is 6. The molecular weight excluding hydrogens is 434 g/mol. The lowest BCUT2D eigenvalue weighted by atomic mass is 10.2. The van der Waals surface area contributed by atoms with E-state index < -0.39 is 15.9 Å². The second-order valence-electron chi connectivity index (χ2n) is 6.15. The molecule has 0 bridgehead atoms. The van der Waals surface area contributed by atoms with E-state index in [0.717, 1.165) is 15.6 Å². The van der Waals surface area contributed by atoms with Crippen LogP contribution in [0.5, 0.6) is 5.75 Å². The molecule has 0 atom stereocenters. The molecule has 0 radical (unpaired) electrons. The molecule has 0 saturated carbocycles. The fourth-order valence-corrected chi connectivity index (χ4v) is 4.29. The number of thiazole rings is 1. The third-order valence-corrected chi connectivity index (χ3v) is 6.97. The highest BCUT2D eigenvalue weighted by Crippen LogP contribution is 2.28. The van der Waals surface area contributed by atoms with Crippen molar-refractivity contribution in [3.63, 3.8) is 0 Å². The largest absolute Gasteiger partial charge is 0.497 e. The van der Waals surface area contributed by atoms with Gasteiger partial charge in [0, 0.05) is 25.0 Å². The topological polar surface area (TPSA) is 88.6 Å². The number of carbonyl (C=O) groups excluding carboxylic acids is 1. The van der Waals surface area contributed by atoms with Gasteiger partial charge in [-0.3, -0.25) is 10.1 Å². The standard InChI is InChI=1S/C19H18ClN3O4S2/c1-23(2)29(25,26)14-8-9-16(20)15(10-14)18(24)22-19-21-17(11-28-19)12-4-6-13(27-3)7-5-12/h4-11H,1-3H3,(H,21,22,24). The van der Waals surface area contributed by atoms with Crippen LogP contribution in [0.15, 0.2) is 52.7 Å². The van der Waals surface area contributed by atoms with Crippen molar-refractivity contribution in [2.45, 2.75) is 4.90 Å². The van der Waals surface area contributed by atoms with E-state index in [4.69, 9.17) is 16.3 Å². The first-order valence-electron chi connectivity index (χ1n) is 8.36. The van der Waals surface area contributed by atoms with Crippen molar-refractivity contribution < 1.29 is 17.9 Å². The summed E-state index contributed by atoms with van der Waals surface area (Å²) in [5, 5.41) is 5.00. The maximum Gasteiger partial charge on any atom is 0.259 e. The smallest absolute Gasteiger partial charge is 0.259 e. The second kappa shape index (κ2) is 8.50. The molecule has 1 amide bonds. The number of sulfonamides is 1. The second-order valence-corrected chi connectivity index (χ2v) is 9.57. The molecule has 0 fully saturated rings. The van der Waals surface area contributed by atoms with Gasteiger partial charge in [-0.2, -0.15) is 0 Å². The van der Waals surface area contributed by atoms with E-state index in [2.05, 4.69) is 10.3 Å². The fraction of sp³-hybridized carbons (Fsp3) is 0.158. The Balaban J connectivity index is 1.83. The summed E-state index contributed by atoms with van der Waals surface area (Å²) in [6.07, 6.45) is 0. The van der Waals surface area contributed by atoms with Gasteiger partial charge in [0.15, 0.2) is 5.13 Å². The highest BCUT2D eigenvalue weighted by atomic mass is 35.5. The number of aromatic nitrogens is 1. The van der Waals surface area contributed by atoms with Crippen LogP contribution in [0.4, 0.5) is 5.13 Å². The molecule has 29 heavy (non-hydrogen) atoms. The molecule has 0 unspecified atom stereocenters. The molecule has 0 saturated heterocycles. The summed E-state index contributed by atoms with van der Waals surface area (Å²) in [5.74, 6) is 0.196. The molecule has 7 nitrogen and oxygen atoms in total. The van der Waals surface area contributed by atoms with Gasteiger partial charge in [-0.25, -0.2) is 17.7 Å². The maximum atomic E-state index is 12.7. The first kappa shape index (κ1) is 21.3. The minimum absolute atomic E-state index is 0.0184. The van der Waals surface area contributed by atoms with Crippen molar-refractivity contribution in [1.29, 1.82) is 0 Å². The quantitative estimate of drug-likeness (QED) is 0.612. The van der Waals surface area contributed by atoms with Crippen LogP contribution in [-0.4, -0.2) is 44.8 Å². The Kier molecular flexibility index (Phi) is 6.23. The summed E-state index contributed by atoms with van der Waals surface area (Å²) in [5.41, 5.74) is 1.62. The molecule has 0 aliphatic rings. The van der Waals surface area contributed by atoms with Crippen molar-refractivity contribution in [3.05, 3.63) is 58.4 Å². The van der Waals surface area contributed by atoms with Crippen LogP contribution >= 0.6 is 22.9 Å². The van der Waals surface area contributed by atoms with E-state index in [-0.39, 0.29) is 15.5 Å². The Morgan fingerprint density at radius 1 is 1.17 bits per heavy atom. The number of nitrogens with one attached hydrogen (secondary N) is 1. The summed E-state index contributed by atoms with van der Waals surface area (Å²) in [4.78, 5) is 17.0. The van der Waals surface area contributed by atoms with Crippen LogP contribution in [0.2, 0.25) is 5.02 Å². The third kappa shape index (κ3) is 4.59. The number of amides is 1. The molecule has 0 aliphatic heterocycles. The summed E-state index contributed by atoms with van der Waals surface area (Å²) in [7, 11) is 0.737. The van der Waals surface area contributed by atoms with Crippen molar-refractivity contribution in [3.8, 4) is 17.0 Å². The minimum Gasteiger partial charge on any atom is -0.497 e. The summed E-state index contributed by atoms with van der Waals surface area (Å²) in [6, 6.07) is 11.4. The fourth-order valence-electron chi connectivity index (χ4n) is 2.44. The molecule has 0 spiro atoms. The number of benzene rings is 2. The molecule has 1 heterocycles. The predicted octanol–water partition coefficient (Wildman–Crippen LogP) is 3.97. The summed E-state index contributed by atoms with van der Waals surface area (Å²) < 4.78 is 30.8. The first-order chi connectivity index (χ1) is 13.7. The zero-order valence-electron chi connectivity index (χ0n) is 15.8. The third-order valence-electron chi connectivity index (χ3n) is 4.07. The van der Waals surface area contributed by atoms with Crippen LogP contribution in [0.3, 0.4) is 0 Å². The number of nitrogens with zero attached hydrogens (tertiary/aromatic N) is 2. The van der Waals surface area contributed by atoms with Gasteiger partial charge in [0.2, 0.25) is 10.0 Å². The lowest BCUT2D eigenvalue weighted by molar-refractivity contribution is 0.102. The van der Waals surface area contributed by atoms with Gasteiger partial charge in [-0.1, -0.05) is 11.6 Å². The van der Waals surface area contributed by atoms with E-state index in [1.165, 1.54) is 43.6 Å². The van der Waals surface area contributed by atoms with Crippen LogP contribution in [0.1, 0.15) is 10.4 Å². The Bertz CT molecular complexity index is 1140. The number of hydrogen-bond donors (Lipinski definition) is 1. The number of carbonyl (C=O) groups is 1. The lowest BCUT2D eigenvalue weighted by Gasteiger charge is -2.13. The van der Waals surface area contributed by atoms with Crippen molar-refractivity contribution in [2.24, 2.45) is 0 Å². The molecule has 3 aromatic rings. The molecule has 1 aromatic heterocycles. The number of anilines is 1. The number of ether oxygens (including phenoxy) is 1. The van der Waals surface area contributed by atoms with Gasteiger partial charge in [0.25, 0.3) is 5.91 Å². The van der Waals surface area contributed by atoms with Gasteiger partial charge in [-0.05, 0) is 42.5 Å². The van der Waals surface area contributed by atoms with Gasteiger partial charge in [0.05, 0.1) is 28.3 Å². The lowest BCUT2D eigenvalue weighted by Crippen LogP contribution is -2.23. The van der Waals surface area contributed by atoms with Crippen molar-refractivity contribution >= 4 is 44.0 Å². The summed E-state index contributed by atoms with van der Waals surface area (Å²) >= 11 is 7.37. The normalized spacial score (nSPS) is 11.5. The zero-order valence-corrected chi connectivity index (χ0v) is 18.2. The molecule has 2 aromatic carbocycles. The van der Waals surface area contributed by atoms with E-state index in [0.29, 0.717) is 10.8 Å². The SMILES string of the molecule is COc1ccc(-c2csc(NC(=O)c3cc(S(=O)(=O)N(C)C)ccc3Cl)n2)cc1. The molecule has 1 N–H and O–H groups in total. The number of methoxy groups -OCH3 is 1. The van der Waals surface area contributed by atoms with E-state index in [1.807, 2.05) is 29.6 Å². The number of halogens is 1. The van der Waals surface area contributed by atoms with Gasteiger partial charge in [-0.15, -0.1) is 11.3 Å². The predicted molar refractivity (Wildman–Crippen MR) is 114 cm³/mol. The first-order valence-corrected chi connectivity index (χ1v) is 11.1. The van der Waals surface area contributed by atoms with Crippen molar-refractivity contribution in [1.82, 2.24) is 9.29 Å². The molecular formula is C19H18ClN3O4S2. The van der Waals surface area contributed by atoms with Gasteiger partial charge in [0.1, 0.15) is 5.75 Å². The Morgan fingerprint density at radius 2 is 1.86 bits per heavy atom. The van der Waals surface area contributed by atoms with Crippen molar-refractivity contribution in [2.75, 3.05) is 26.5 Å². The van der Waals surface area contributed by atoms with E-state index in [1.54, 1.807) is 7.11 Å². The Morgan fingerprint density at radius 3 is 2.48 bits per heavy atom. The highest BCUT2D eigenvalue weighted by Gasteiger charge is 2.21. The average molecular weight is 452 g/mol. The average Bonchev–Trinajstić information content (AvgIpc) is 3.16. The Labute approximate surface area is 178 Å². The maximum absolute atomic E-state index is 12.7. The zero-order chi connectivity index (χ0) is 21.2. The molecule has 3 rings (SSSR count). The van der Waals surface area contributed by atoms with Crippen LogP contribution in [0.25, 0.3) is 11.3 Å².